The van der Waals surface area contributed by atoms with Crippen LogP contribution in [0.3, 0.4) is 0 Å². The van der Waals surface area contributed by atoms with E-state index in [1.165, 1.54) is 17.2 Å². The van der Waals surface area contributed by atoms with Crippen LogP contribution < -0.4 is 0 Å². The molecule has 7 nitrogen and oxygen atoms in total. The van der Waals surface area contributed by atoms with Crippen LogP contribution in [0.15, 0.2) is 59.5 Å². The first-order valence-electron chi connectivity index (χ1n) is 10.5. The number of rotatable bonds is 4. The zero-order valence-electron chi connectivity index (χ0n) is 18.0. The maximum absolute atomic E-state index is 16.3. The van der Waals surface area contributed by atoms with Crippen LogP contribution in [-0.2, 0) is 21.3 Å². The summed E-state index contributed by atoms with van der Waals surface area (Å²) >= 11 is 10.3. The molecule has 35 heavy (non-hydrogen) atoms. The quantitative estimate of drug-likeness (QED) is 0.337. The fraction of sp³-hybridized carbons (Fsp3) is 0.217. The summed E-state index contributed by atoms with van der Waals surface area (Å²) in [4.78, 5) is 27.7. The number of aromatic nitrogens is 3. The van der Waals surface area contributed by atoms with Gasteiger partial charge in [0.15, 0.2) is 9.84 Å². The van der Waals surface area contributed by atoms with E-state index in [0.717, 1.165) is 27.9 Å². The van der Waals surface area contributed by atoms with Gasteiger partial charge in [-0.2, -0.15) is 0 Å². The minimum absolute atomic E-state index is 0.118. The lowest BCUT2D eigenvalue weighted by Gasteiger charge is -2.35. The van der Waals surface area contributed by atoms with Crippen LogP contribution in [0.5, 0.6) is 0 Å². The van der Waals surface area contributed by atoms with Crippen molar-refractivity contribution >= 4 is 65.6 Å². The van der Waals surface area contributed by atoms with Crippen LogP contribution in [0.4, 0.5) is 4.39 Å². The molecule has 0 N–H and O–H groups in total. The van der Waals surface area contributed by atoms with Gasteiger partial charge in [0.1, 0.15) is 5.01 Å². The summed E-state index contributed by atoms with van der Waals surface area (Å²) in [5.41, 5.74) is 2.56. The van der Waals surface area contributed by atoms with Crippen LogP contribution in [0, 0.1) is 0 Å². The first kappa shape index (κ1) is 24.2. The maximum Gasteiger partial charge on any atom is 0.278 e. The van der Waals surface area contributed by atoms with Crippen molar-refractivity contribution in [3.05, 3.63) is 85.5 Å². The summed E-state index contributed by atoms with van der Waals surface area (Å²) in [5.74, 6) is -1.00. The number of hydrogen-bond acceptors (Lipinski definition) is 7. The van der Waals surface area contributed by atoms with Gasteiger partial charge in [0.05, 0.1) is 28.4 Å². The van der Waals surface area contributed by atoms with E-state index in [9.17, 15) is 13.2 Å². The zero-order valence-corrected chi connectivity index (χ0v) is 22.0. The lowest BCUT2D eigenvalue weighted by molar-refractivity contribution is 0.0666. The Bertz CT molecular complexity index is 1560. The van der Waals surface area contributed by atoms with E-state index in [2.05, 4.69) is 30.9 Å². The van der Waals surface area contributed by atoms with Gasteiger partial charge in [-0.05, 0) is 45.8 Å². The smallest absolute Gasteiger partial charge is 0.278 e. The average Bonchev–Trinajstić information content (AvgIpc) is 3.32. The number of nitrogens with zero attached hydrogens (tertiary/aromatic N) is 4. The van der Waals surface area contributed by atoms with Gasteiger partial charge in [0.2, 0.25) is 0 Å². The predicted octanol–water partition coefficient (Wildman–Crippen LogP) is 4.79. The second-order valence-electron chi connectivity index (χ2n) is 8.05. The van der Waals surface area contributed by atoms with Crippen LogP contribution in [0.2, 0.25) is 5.02 Å². The second kappa shape index (κ2) is 9.20. The van der Waals surface area contributed by atoms with Gasteiger partial charge in [0, 0.05) is 46.5 Å². The van der Waals surface area contributed by atoms with E-state index in [0.29, 0.717) is 20.8 Å². The molecular weight excluding hydrogens is 579 g/mol. The number of carbonyl (C=O) groups is 1. The molecule has 0 spiro atoms. The van der Waals surface area contributed by atoms with E-state index in [-0.39, 0.29) is 17.1 Å². The summed E-state index contributed by atoms with van der Waals surface area (Å²) in [6.07, 6.45) is 5.07. The van der Waals surface area contributed by atoms with Gasteiger partial charge in [-0.3, -0.25) is 14.8 Å². The highest BCUT2D eigenvalue weighted by Crippen LogP contribution is 2.40. The van der Waals surface area contributed by atoms with Crippen molar-refractivity contribution in [1.82, 2.24) is 19.9 Å². The zero-order chi connectivity index (χ0) is 24.8. The Kier molecular flexibility index (Phi) is 6.37. The molecule has 2 aromatic heterocycles. The van der Waals surface area contributed by atoms with Crippen molar-refractivity contribution in [3.8, 4) is 0 Å². The summed E-state index contributed by atoms with van der Waals surface area (Å²) in [5, 5.41) is -2.67. The van der Waals surface area contributed by atoms with Crippen molar-refractivity contribution in [2.24, 2.45) is 0 Å². The Hall–Kier alpha value is -2.47. The Morgan fingerprint density at radius 1 is 1.20 bits per heavy atom. The number of carbonyl (C=O) groups excluding carboxylic acids is 1. The highest BCUT2D eigenvalue weighted by molar-refractivity contribution is 9.10. The van der Waals surface area contributed by atoms with E-state index in [1.54, 1.807) is 24.5 Å². The number of hydrogen-bond donors (Lipinski definition) is 0. The SMILES string of the molecule is O=C(c1ccc(Br)c(Cl)c1)N1CCS(=O)(=O)[C@](F)(c2ncc(Cc3cccc4nccnc34)s2)C1. The van der Waals surface area contributed by atoms with Gasteiger partial charge in [-0.25, -0.2) is 17.8 Å². The van der Waals surface area contributed by atoms with Gasteiger partial charge in [-0.15, -0.1) is 11.3 Å². The maximum atomic E-state index is 16.3. The Labute approximate surface area is 218 Å². The minimum atomic E-state index is -4.20. The molecule has 1 aliphatic rings. The van der Waals surface area contributed by atoms with Crippen LogP contribution in [0.25, 0.3) is 11.0 Å². The van der Waals surface area contributed by atoms with E-state index >= 15 is 4.39 Å². The molecular formula is C23H17BrClFN4O3S2. The number of fused-ring (bicyclic) bond motifs is 1. The molecule has 4 aromatic rings. The molecule has 1 amide bonds. The molecule has 1 aliphatic heterocycles. The van der Waals surface area contributed by atoms with Gasteiger partial charge < -0.3 is 4.90 Å². The number of alkyl halides is 1. The summed E-state index contributed by atoms with van der Waals surface area (Å²) in [6, 6.07) is 10.2. The summed E-state index contributed by atoms with van der Waals surface area (Å²) in [6.45, 7) is -0.762. The van der Waals surface area contributed by atoms with Gasteiger partial charge in [-0.1, -0.05) is 23.7 Å². The third kappa shape index (κ3) is 4.46. The number of amides is 1. The topological polar surface area (TPSA) is 93.1 Å². The summed E-state index contributed by atoms with van der Waals surface area (Å²) in [7, 11) is -4.20. The lowest BCUT2D eigenvalue weighted by Crippen LogP contribution is -2.53. The number of thiazole rings is 1. The lowest BCUT2D eigenvalue weighted by atomic mass is 10.1. The van der Waals surface area contributed by atoms with Crippen molar-refractivity contribution in [3.63, 3.8) is 0 Å². The highest BCUT2D eigenvalue weighted by Gasteiger charge is 2.53. The van der Waals surface area contributed by atoms with Gasteiger partial charge in [0.25, 0.3) is 10.9 Å². The Morgan fingerprint density at radius 3 is 2.80 bits per heavy atom. The van der Waals surface area contributed by atoms with Crippen LogP contribution >= 0.6 is 38.9 Å². The largest absolute Gasteiger partial charge is 0.333 e. The van der Waals surface area contributed by atoms with Crippen LogP contribution in [-0.4, -0.2) is 53.0 Å². The van der Waals surface area contributed by atoms with Crippen molar-refractivity contribution in [2.45, 2.75) is 11.4 Å². The molecule has 0 radical (unpaired) electrons. The third-order valence-electron chi connectivity index (χ3n) is 5.79. The number of halogens is 3. The van der Waals surface area contributed by atoms with Crippen molar-refractivity contribution in [2.75, 3.05) is 18.8 Å². The molecule has 180 valence electrons. The normalized spacial score (nSPS) is 19.7. The predicted molar refractivity (Wildman–Crippen MR) is 136 cm³/mol. The molecule has 1 atom stereocenters. The first-order valence-corrected chi connectivity index (χ1v) is 14.1. The standard InChI is InChI=1S/C23H17BrClFN4O3S2/c24-17-5-4-15(11-18(17)25)21(31)30-8-9-35(32,33)23(26,13-30)22-29-12-16(34-22)10-14-2-1-3-19-20(14)28-7-6-27-19/h1-7,11-12H,8-10,13H2/t23-/m0/s1. The van der Waals surface area contributed by atoms with Gasteiger partial charge >= 0.3 is 0 Å². The van der Waals surface area contributed by atoms with E-state index in [4.69, 9.17) is 11.6 Å². The van der Waals surface area contributed by atoms with E-state index in [1.807, 2.05) is 18.2 Å². The summed E-state index contributed by atoms with van der Waals surface area (Å²) < 4.78 is 42.6. The molecule has 0 bridgehead atoms. The fourth-order valence-electron chi connectivity index (χ4n) is 3.95. The molecule has 0 saturated carbocycles. The number of benzene rings is 2. The Balaban J connectivity index is 1.43. The fourth-order valence-corrected chi connectivity index (χ4v) is 7.24. The first-order chi connectivity index (χ1) is 16.7. The molecule has 5 rings (SSSR count). The molecule has 3 heterocycles. The Morgan fingerprint density at radius 2 is 2.00 bits per heavy atom. The molecule has 1 saturated heterocycles. The van der Waals surface area contributed by atoms with Crippen molar-refractivity contribution in [1.29, 1.82) is 0 Å². The highest BCUT2D eigenvalue weighted by atomic mass is 79.9. The monoisotopic (exact) mass is 594 g/mol. The molecule has 0 aliphatic carbocycles. The second-order valence-corrected chi connectivity index (χ2v) is 12.7. The molecule has 0 unspecified atom stereocenters. The third-order valence-corrected chi connectivity index (χ3v) is 10.3. The molecule has 12 heteroatoms. The van der Waals surface area contributed by atoms with Crippen LogP contribution in [0.1, 0.15) is 25.8 Å². The average molecular weight is 596 g/mol. The molecule has 2 aromatic carbocycles. The number of para-hydroxylation sites is 1. The minimum Gasteiger partial charge on any atom is -0.333 e. The van der Waals surface area contributed by atoms with Crippen molar-refractivity contribution < 1.29 is 17.6 Å². The number of sulfone groups is 1. The molecule has 1 fully saturated rings. The van der Waals surface area contributed by atoms with E-state index < -0.39 is 33.0 Å².